The van der Waals surface area contributed by atoms with Gasteiger partial charge in [-0.15, -0.1) is 0 Å². The van der Waals surface area contributed by atoms with Crippen LogP contribution in [-0.4, -0.2) is 11.5 Å². The minimum absolute atomic E-state index is 0.0648. The topological polar surface area (TPSA) is 12.4 Å². The molecule has 0 aromatic carbocycles. The number of hydrogen-bond acceptors (Lipinski definition) is 1. The molecule has 0 saturated heterocycles. The van der Waals surface area contributed by atoms with Crippen LogP contribution in [-0.2, 0) is 0 Å². The van der Waals surface area contributed by atoms with Gasteiger partial charge in [-0.05, 0) is 12.2 Å². The molecule has 1 aliphatic carbocycles. The Hall–Kier alpha value is -0.990. The molecule has 46 valence electrons. The summed E-state index contributed by atoms with van der Waals surface area (Å²) in [7, 11) is 0. The predicted octanol–water partition coefficient (Wildman–Crippen LogP) is 1.53. The van der Waals surface area contributed by atoms with Crippen molar-refractivity contribution in [3.8, 4) is 0 Å². The third-order valence-corrected chi connectivity index (χ3v) is 1.34. The lowest BCUT2D eigenvalue weighted by Gasteiger charge is -1.98. The molecule has 1 aliphatic heterocycles. The van der Waals surface area contributed by atoms with Gasteiger partial charge < -0.3 is 0 Å². The Morgan fingerprint density at radius 1 is 1.56 bits per heavy atom. The highest BCUT2D eigenvalue weighted by molar-refractivity contribution is 6.16. The molecule has 0 bridgehead atoms. The van der Waals surface area contributed by atoms with Crippen molar-refractivity contribution in [2.24, 2.45) is 4.99 Å². The average Bonchev–Trinajstić information content (AvgIpc) is 2.43. The van der Waals surface area contributed by atoms with E-state index < -0.39 is 11.6 Å². The summed E-state index contributed by atoms with van der Waals surface area (Å²) >= 11 is 0. The fourth-order valence-electron chi connectivity index (χ4n) is 0.811. The fourth-order valence-corrected chi connectivity index (χ4v) is 0.811. The minimum atomic E-state index is -1.77. The highest BCUT2D eigenvalue weighted by atomic mass is 19.2. The number of nitrogens with zero attached hydrogens (tertiary/aromatic N) is 1. The Morgan fingerprint density at radius 3 is 2.89 bits per heavy atom. The first-order valence-electron chi connectivity index (χ1n) is 2.57. The van der Waals surface area contributed by atoms with Gasteiger partial charge in [-0.1, -0.05) is 6.08 Å². The van der Waals surface area contributed by atoms with Gasteiger partial charge in [0, 0.05) is 0 Å². The van der Waals surface area contributed by atoms with E-state index in [4.69, 9.17) is 0 Å². The Kier molecular flexibility index (Phi) is 0.605. The second-order valence-corrected chi connectivity index (χ2v) is 2.01. The van der Waals surface area contributed by atoms with Crippen LogP contribution in [0.2, 0.25) is 0 Å². The van der Waals surface area contributed by atoms with Gasteiger partial charge in [-0.2, -0.15) is 0 Å². The third-order valence-electron chi connectivity index (χ3n) is 1.34. The molecule has 0 spiro atoms. The number of fused-ring (bicyclic) bond motifs is 1. The number of alkyl halides is 1. The standard InChI is InChI=1S/C6H3F2N/c7-4-2-1-3-6(8)5(4)9-6/h1-3H. The van der Waals surface area contributed by atoms with Crippen molar-refractivity contribution in [3.63, 3.8) is 0 Å². The molecule has 0 amide bonds. The number of aliphatic imine (C=N–C) groups is 1. The maximum atomic E-state index is 12.6. The molecule has 2 aliphatic rings. The van der Waals surface area contributed by atoms with Crippen molar-refractivity contribution < 1.29 is 8.78 Å². The van der Waals surface area contributed by atoms with Crippen LogP contribution in [0.4, 0.5) is 8.78 Å². The molecule has 2 rings (SSSR count). The van der Waals surface area contributed by atoms with Crippen LogP contribution in [0.15, 0.2) is 29.0 Å². The number of rotatable bonds is 0. The average molecular weight is 127 g/mol. The molecule has 0 N–H and O–H groups in total. The molecule has 1 heterocycles. The van der Waals surface area contributed by atoms with Crippen LogP contribution in [0.5, 0.6) is 0 Å². The van der Waals surface area contributed by atoms with Gasteiger partial charge in [0.15, 0.2) is 0 Å². The van der Waals surface area contributed by atoms with Crippen LogP contribution in [0.1, 0.15) is 0 Å². The van der Waals surface area contributed by atoms with Gasteiger partial charge in [0.05, 0.1) is 0 Å². The van der Waals surface area contributed by atoms with Gasteiger partial charge in [-0.3, -0.25) is 0 Å². The van der Waals surface area contributed by atoms with E-state index in [2.05, 4.69) is 4.99 Å². The normalized spacial score (nSPS) is 37.1. The Bertz CT molecular complexity index is 252. The van der Waals surface area contributed by atoms with E-state index in [9.17, 15) is 8.78 Å². The van der Waals surface area contributed by atoms with Crippen molar-refractivity contribution >= 4 is 5.71 Å². The summed E-state index contributed by atoms with van der Waals surface area (Å²) in [5.74, 6) is -2.32. The SMILES string of the molecule is FC1=CC=CC2(F)N=C12. The second-order valence-electron chi connectivity index (χ2n) is 2.01. The van der Waals surface area contributed by atoms with E-state index in [0.717, 1.165) is 0 Å². The van der Waals surface area contributed by atoms with Crippen molar-refractivity contribution in [2.75, 3.05) is 0 Å². The largest absolute Gasteiger partial charge is 0.264 e. The molecule has 1 unspecified atom stereocenters. The molecule has 3 heteroatoms. The maximum absolute atomic E-state index is 12.6. The zero-order chi connectivity index (χ0) is 6.48. The first-order valence-corrected chi connectivity index (χ1v) is 2.57. The number of allylic oxidation sites excluding steroid dienone is 2. The lowest BCUT2D eigenvalue weighted by Crippen LogP contribution is -2.10. The maximum Gasteiger partial charge on any atom is 0.264 e. The van der Waals surface area contributed by atoms with E-state index in [-0.39, 0.29) is 5.71 Å². The Labute approximate surface area is 50.4 Å². The number of hydrogen-bond donors (Lipinski definition) is 0. The quantitative estimate of drug-likeness (QED) is 0.437. The zero-order valence-electron chi connectivity index (χ0n) is 4.44. The second kappa shape index (κ2) is 1.12. The van der Waals surface area contributed by atoms with Gasteiger partial charge in [0.1, 0.15) is 11.5 Å². The minimum Gasteiger partial charge on any atom is -0.232 e. The Morgan fingerprint density at radius 2 is 2.33 bits per heavy atom. The molecule has 0 saturated carbocycles. The van der Waals surface area contributed by atoms with E-state index in [1.807, 2.05) is 0 Å². The predicted molar refractivity (Wildman–Crippen MR) is 29.6 cm³/mol. The molecular formula is C6H3F2N. The van der Waals surface area contributed by atoms with E-state index in [1.54, 1.807) is 0 Å². The summed E-state index contributed by atoms with van der Waals surface area (Å²) in [6, 6.07) is 0. The van der Waals surface area contributed by atoms with Crippen molar-refractivity contribution in [3.05, 3.63) is 24.1 Å². The summed E-state index contributed by atoms with van der Waals surface area (Å²) in [5, 5.41) is 0. The van der Waals surface area contributed by atoms with Crippen molar-refractivity contribution in [2.45, 2.75) is 5.79 Å². The molecule has 0 aromatic rings. The summed E-state index contributed by atoms with van der Waals surface area (Å²) in [6.07, 6.45) is 3.75. The third kappa shape index (κ3) is 0.487. The molecule has 1 atom stereocenters. The van der Waals surface area contributed by atoms with Gasteiger partial charge in [-0.25, -0.2) is 13.8 Å². The monoisotopic (exact) mass is 127 g/mol. The molecule has 1 nitrogen and oxygen atoms in total. The lowest BCUT2D eigenvalue weighted by molar-refractivity contribution is 0.391. The molecular weight excluding hydrogens is 124 g/mol. The summed E-state index contributed by atoms with van der Waals surface area (Å²) in [5.41, 5.74) is -0.0648. The first kappa shape index (κ1) is 4.85. The highest BCUT2D eigenvalue weighted by Gasteiger charge is 2.49. The molecule has 9 heavy (non-hydrogen) atoms. The van der Waals surface area contributed by atoms with Gasteiger partial charge in [0.2, 0.25) is 0 Å². The van der Waals surface area contributed by atoms with Crippen LogP contribution in [0.25, 0.3) is 0 Å². The van der Waals surface area contributed by atoms with E-state index in [1.165, 1.54) is 18.2 Å². The van der Waals surface area contributed by atoms with E-state index in [0.29, 0.717) is 0 Å². The van der Waals surface area contributed by atoms with Crippen molar-refractivity contribution in [1.82, 2.24) is 0 Å². The van der Waals surface area contributed by atoms with Crippen LogP contribution >= 0.6 is 0 Å². The summed E-state index contributed by atoms with van der Waals surface area (Å²) in [6.45, 7) is 0. The smallest absolute Gasteiger partial charge is 0.232 e. The summed E-state index contributed by atoms with van der Waals surface area (Å²) < 4.78 is 24.9. The molecule has 0 fully saturated rings. The summed E-state index contributed by atoms with van der Waals surface area (Å²) in [4.78, 5) is 3.29. The lowest BCUT2D eigenvalue weighted by atomic mass is 10.1. The highest BCUT2D eigenvalue weighted by Crippen LogP contribution is 2.38. The van der Waals surface area contributed by atoms with E-state index >= 15 is 0 Å². The van der Waals surface area contributed by atoms with Crippen LogP contribution in [0, 0.1) is 0 Å². The zero-order valence-corrected chi connectivity index (χ0v) is 4.44. The fraction of sp³-hybridized carbons (Fsp3) is 0.167. The van der Waals surface area contributed by atoms with Gasteiger partial charge >= 0.3 is 0 Å². The Balaban J connectivity index is 2.41. The van der Waals surface area contributed by atoms with Gasteiger partial charge in [0.25, 0.3) is 5.79 Å². The number of halogens is 2. The van der Waals surface area contributed by atoms with Crippen LogP contribution in [0.3, 0.4) is 0 Å². The molecule has 0 radical (unpaired) electrons. The van der Waals surface area contributed by atoms with Crippen molar-refractivity contribution in [1.29, 1.82) is 0 Å². The molecule has 0 aromatic heterocycles. The first-order chi connectivity index (χ1) is 4.22. The van der Waals surface area contributed by atoms with Crippen LogP contribution < -0.4 is 0 Å².